The van der Waals surface area contributed by atoms with Crippen LogP contribution in [-0.2, 0) is 11.3 Å². The number of nitrogens with zero attached hydrogens (tertiary/aromatic N) is 2. The van der Waals surface area contributed by atoms with Gasteiger partial charge < -0.3 is 25.8 Å². The van der Waals surface area contributed by atoms with Crippen molar-refractivity contribution in [2.24, 2.45) is 5.73 Å². The number of primary amides is 1. The summed E-state index contributed by atoms with van der Waals surface area (Å²) in [5.41, 5.74) is 6.17. The van der Waals surface area contributed by atoms with Gasteiger partial charge in [0, 0.05) is 38.8 Å². The van der Waals surface area contributed by atoms with E-state index in [-0.39, 0.29) is 25.1 Å². The van der Waals surface area contributed by atoms with E-state index < -0.39 is 6.03 Å². The molecule has 0 spiro atoms. The third kappa shape index (κ3) is 5.89. The van der Waals surface area contributed by atoms with Crippen LogP contribution < -0.4 is 15.8 Å². The van der Waals surface area contributed by atoms with E-state index in [0.29, 0.717) is 32.7 Å². The number of hydrogen-bond donors (Lipinski definition) is 3. The van der Waals surface area contributed by atoms with E-state index in [2.05, 4.69) is 10.2 Å². The predicted molar refractivity (Wildman–Crippen MR) is 97.7 cm³/mol. The molecule has 3 amide bonds. The minimum atomic E-state index is -0.709. The Hall–Kier alpha value is -2.32. The van der Waals surface area contributed by atoms with Crippen molar-refractivity contribution in [2.75, 3.05) is 39.4 Å². The molecule has 1 heterocycles. The number of nitrogens with two attached hydrogens (primary N) is 1. The summed E-state index contributed by atoms with van der Waals surface area (Å²) in [7, 11) is 0. The van der Waals surface area contributed by atoms with Crippen molar-refractivity contribution in [3.8, 4) is 5.75 Å². The molecule has 1 aromatic rings. The molecule has 144 valence electrons. The monoisotopic (exact) mass is 364 g/mol. The van der Waals surface area contributed by atoms with E-state index in [0.717, 1.165) is 17.9 Å². The molecule has 1 aliphatic rings. The zero-order chi connectivity index (χ0) is 18.9. The summed E-state index contributed by atoms with van der Waals surface area (Å²) in [6, 6.07) is 7.34. The molecule has 0 bridgehead atoms. The number of rotatable bonds is 8. The molecule has 1 aliphatic heterocycles. The molecular weight excluding hydrogens is 336 g/mol. The van der Waals surface area contributed by atoms with Crippen LogP contribution >= 0.6 is 0 Å². The van der Waals surface area contributed by atoms with Crippen molar-refractivity contribution >= 4 is 11.9 Å². The summed E-state index contributed by atoms with van der Waals surface area (Å²) in [6.07, 6.45) is 0.587. The van der Waals surface area contributed by atoms with Gasteiger partial charge >= 0.3 is 6.03 Å². The molecule has 1 fully saturated rings. The molecule has 1 saturated heterocycles. The van der Waals surface area contributed by atoms with Gasteiger partial charge in [-0.05, 0) is 31.0 Å². The first-order valence-corrected chi connectivity index (χ1v) is 8.91. The molecule has 26 heavy (non-hydrogen) atoms. The molecule has 1 atom stereocenters. The van der Waals surface area contributed by atoms with Crippen LogP contribution in [0.1, 0.15) is 18.9 Å². The number of aliphatic hydroxyl groups is 1. The number of benzene rings is 1. The topological polar surface area (TPSA) is 108 Å². The maximum atomic E-state index is 12.2. The van der Waals surface area contributed by atoms with Crippen LogP contribution in [0.3, 0.4) is 0 Å². The smallest absolute Gasteiger partial charge is 0.312 e. The van der Waals surface area contributed by atoms with E-state index in [1.54, 1.807) is 4.90 Å². The lowest BCUT2D eigenvalue weighted by molar-refractivity contribution is -0.133. The Labute approximate surface area is 153 Å². The van der Waals surface area contributed by atoms with Gasteiger partial charge in [0.25, 0.3) is 0 Å². The molecule has 0 unspecified atom stereocenters. The molecule has 0 radical (unpaired) electrons. The SMILES string of the molecule is CCOc1ccc(CN2CCN(C(=O)CNC(N)=O)C[C@H]2CCO)cc1. The molecule has 4 N–H and O–H groups in total. The number of piperazine rings is 1. The minimum Gasteiger partial charge on any atom is -0.494 e. The van der Waals surface area contributed by atoms with Gasteiger partial charge in [-0.1, -0.05) is 12.1 Å². The summed E-state index contributed by atoms with van der Waals surface area (Å²) in [6.45, 7) is 5.12. The van der Waals surface area contributed by atoms with E-state index in [1.807, 2.05) is 31.2 Å². The normalized spacial score (nSPS) is 17.8. The van der Waals surface area contributed by atoms with Crippen molar-refractivity contribution in [3.63, 3.8) is 0 Å². The van der Waals surface area contributed by atoms with Gasteiger partial charge in [-0.3, -0.25) is 9.69 Å². The molecule has 2 rings (SSSR count). The van der Waals surface area contributed by atoms with Gasteiger partial charge in [-0.25, -0.2) is 4.79 Å². The zero-order valence-electron chi connectivity index (χ0n) is 15.2. The number of amides is 3. The van der Waals surface area contributed by atoms with Crippen LogP contribution in [0.5, 0.6) is 5.75 Å². The summed E-state index contributed by atoms with van der Waals surface area (Å²) >= 11 is 0. The van der Waals surface area contributed by atoms with E-state index >= 15 is 0 Å². The van der Waals surface area contributed by atoms with Crippen LogP contribution in [0.15, 0.2) is 24.3 Å². The molecule has 0 aromatic heterocycles. The second-order valence-corrected chi connectivity index (χ2v) is 6.27. The van der Waals surface area contributed by atoms with Gasteiger partial charge in [0.1, 0.15) is 5.75 Å². The van der Waals surface area contributed by atoms with E-state index in [1.165, 1.54) is 0 Å². The standard InChI is InChI=1S/C18H28N4O4/c1-2-26-16-5-3-14(4-6-16)12-21-8-9-22(13-15(21)7-10-23)17(24)11-20-18(19)25/h3-6,15,23H,2,7-13H2,1H3,(H3,19,20,25)/t15-/m1/s1. The second kappa shape index (κ2) is 9.98. The van der Waals surface area contributed by atoms with E-state index in [4.69, 9.17) is 10.5 Å². The van der Waals surface area contributed by atoms with Crippen molar-refractivity contribution in [3.05, 3.63) is 29.8 Å². The summed E-state index contributed by atoms with van der Waals surface area (Å²) in [5, 5.41) is 11.7. The quantitative estimate of drug-likeness (QED) is 0.608. The summed E-state index contributed by atoms with van der Waals surface area (Å²) in [5.74, 6) is 0.688. The predicted octanol–water partition coefficient (Wildman–Crippen LogP) is 0.149. The second-order valence-electron chi connectivity index (χ2n) is 6.27. The number of aliphatic hydroxyl groups excluding tert-OH is 1. The van der Waals surface area contributed by atoms with Crippen LogP contribution in [0.25, 0.3) is 0 Å². The fraction of sp³-hybridized carbons (Fsp3) is 0.556. The van der Waals surface area contributed by atoms with Gasteiger partial charge in [0.2, 0.25) is 5.91 Å². The molecule has 0 aliphatic carbocycles. The highest BCUT2D eigenvalue weighted by Crippen LogP contribution is 2.19. The first-order valence-electron chi connectivity index (χ1n) is 8.91. The third-order valence-corrected chi connectivity index (χ3v) is 4.45. The third-order valence-electron chi connectivity index (χ3n) is 4.45. The first kappa shape index (κ1) is 20.0. The number of urea groups is 1. The highest BCUT2D eigenvalue weighted by Gasteiger charge is 2.29. The lowest BCUT2D eigenvalue weighted by Crippen LogP contribution is -2.56. The van der Waals surface area contributed by atoms with Crippen molar-refractivity contribution < 1.29 is 19.4 Å². The number of carbonyl (C=O) groups is 2. The van der Waals surface area contributed by atoms with E-state index in [9.17, 15) is 14.7 Å². The molecule has 1 aromatic carbocycles. The fourth-order valence-electron chi connectivity index (χ4n) is 3.12. The summed E-state index contributed by atoms with van der Waals surface area (Å²) in [4.78, 5) is 26.9. The maximum absolute atomic E-state index is 12.2. The average Bonchev–Trinajstić information content (AvgIpc) is 2.63. The largest absolute Gasteiger partial charge is 0.494 e. The Kier molecular flexibility index (Phi) is 7.68. The van der Waals surface area contributed by atoms with Crippen LogP contribution in [0.2, 0.25) is 0 Å². The minimum absolute atomic E-state index is 0.0615. The van der Waals surface area contributed by atoms with Gasteiger partial charge in [0.15, 0.2) is 0 Å². The lowest BCUT2D eigenvalue weighted by Gasteiger charge is -2.41. The Balaban J connectivity index is 1.94. The average molecular weight is 364 g/mol. The highest BCUT2D eigenvalue weighted by molar-refractivity contribution is 5.83. The Morgan fingerprint density at radius 1 is 1.31 bits per heavy atom. The Morgan fingerprint density at radius 2 is 2.04 bits per heavy atom. The molecular formula is C18H28N4O4. The van der Waals surface area contributed by atoms with Crippen LogP contribution in [0, 0.1) is 0 Å². The maximum Gasteiger partial charge on any atom is 0.312 e. The Bertz CT molecular complexity index is 593. The number of nitrogens with one attached hydrogen (secondary N) is 1. The number of ether oxygens (including phenoxy) is 1. The Morgan fingerprint density at radius 3 is 2.65 bits per heavy atom. The van der Waals surface area contributed by atoms with Gasteiger partial charge in [-0.2, -0.15) is 0 Å². The van der Waals surface area contributed by atoms with Crippen molar-refractivity contribution in [1.82, 2.24) is 15.1 Å². The van der Waals surface area contributed by atoms with Crippen molar-refractivity contribution in [1.29, 1.82) is 0 Å². The van der Waals surface area contributed by atoms with Gasteiger partial charge in [-0.15, -0.1) is 0 Å². The first-order chi connectivity index (χ1) is 12.5. The highest BCUT2D eigenvalue weighted by atomic mass is 16.5. The number of hydrogen-bond acceptors (Lipinski definition) is 5. The van der Waals surface area contributed by atoms with Gasteiger partial charge in [0.05, 0.1) is 13.2 Å². The lowest BCUT2D eigenvalue weighted by atomic mass is 10.1. The number of carbonyl (C=O) groups excluding carboxylic acids is 2. The van der Waals surface area contributed by atoms with Crippen LogP contribution in [0.4, 0.5) is 4.79 Å². The zero-order valence-corrected chi connectivity index (χ0v) is 15.2. The molecule has 8 nitrogen and oxygen atoms in total. The van der Waals surface area contributed by atoms with Crippen LogP contribution in [-0.4, -0.2) is 72.3 Å². The van der Waals surface area contributed by atoms with Crippen molar-refractivity contribution in [2.45, 2.75) is 25.9 Å². The molecule has 8 heteroatoms. The summed E-state index contributed by atoms with van der Waals surface area (Å²) < 4.78 is 5.46. The molecule has 0 saturated carbocycles. The fourth-order valence-corrected chi connectivity index (χ4v) is 3.12.